The number of benzene rings is 1. The average Bonchev–Trinajstić information content (AvgIpc) is 2.57. The fourth-order valence-corrected chi connectivity index (χ4v) is 2.93. The van der Waals surface area contributed by atoms with Crippen molar-refractivity contribution in [2.24, 2.45) is 5.92 Å². The fraction of sp³-hybridized carbons (Fsp3) is 0.333. The SMILES string of the molecule is O=C(O)c1ccc(-c2ccc(C[C@H]3CCCNC3)cn2)cc1. The smallest absolute Gasteiger partial charge is 0.335 e. The molecule has 0 saturated carbocycles. The first kappa shape index (κ1) is 14.7. The molecule has 3 rings (SSSR count). The van der Waals surface area contributed by atoms with E-state index < -0.39 is 5.97 Å². The summed E-state index contributed by atoms with van der Waals surface area (Å²) < 4.78 is 0. The number of aromatic nitrogens is 1. The Kier molecular flexibility index (Phi) is 4.49. The van der Waals surface area contributed by atoms with Gasteiger partial charge in [0, 0.05) is 11.8 Å². The summed E-state index contributed by atoms with van der Waals surface area (Å²) in [6.07, 6.45) is 5.55. The number of aromatic carboxylic acids is 1. The van der Waals surface area contributed by atoms with Crippen LogP contribution in [0.15, 0.2) is 42.6 Å². The van der Waals surface area contributed by atoms with Crippen LogP contribution >= 0.6 is 0 Å². The van der Waals surface area contributed by atoms with E-state index in [9.17, 15) is 4.79 Å². The lowest BCUT2D eigenvalue weighted by molar-refractivity contribution is 0.0697. The van der Waals surface area contributed by atoms with Gasteiger partial charge in [-0.15, -0.1) is 0 Å². The van der Waals surface area contributed by atoms with Crippen molar-refractivity contribution in [1.82, 2.24) is 10.3 Å². The van der Waals surface area contributed by atoms with E-state index in [0.717, 1.165) is 30.8 Å². The van der Waals surface area contributed by atoms with Gasteiger partial charge in [-0.3, -0.25) is 4.98 Å². The minimum atomic E-state index is -0.907. The lowest BCUT2D eigenvalue weighted by Crippen LogP contribution is -2.30. The maximum absolute atomic E-state index is 10.9. The minimum Gasteiger partial charge on any atom is -0.478 e. The number of hydrogen-bond acceptors (Lipinski definition) is 3. The summed E-state index contributed by atoms with van der Waals surface area (Å²) in [5, 5.41) is 12.4. The van der Waals surface area contributed by atoms with Crippen molar-refractivity contribution in [2.75, 3.05) is 13.1 Å². The lowest BCUT2D eigenvalue weighted by atomic mass is 9.93. The molecule has 1 aromatic heterocycles. The van der Waals surface area contributed by atoms with Crippen LogP contribution in [0.4, 0.5) is 0 Å². The second kappa shape index (κ2) is 6.71. The quantitative estimate of drug-likeness (QED) is 0.910. The van der Waals surface area contributed by atoms with E-state index in [2.05, 4.69) is 16.4 Å². The van der Waals surface area contributed by atoms with Crippen LogP contribution in [0.25, 0.3) is 11.3 Å². The number of carboxylic acid groups (broad SMARTS) is 1. The molecule has 2 aromatic rings. The predicted molar refractivity (Wildman–Crippen MR) is 85.9 cm³/mol. The second-order valence-electron chi connectivity index (χ2n) is 5.85. The summed E-state index contributed by atoms with van der Waals surface area (Å²) in [5.41, 5.74) is 3.38. The van der Waals surface area contributed by atoms with Gasteiger partial charge < -0.3 is 10.4 Å². The highest BCUT2D eigenvalue weighted by molar-refractivity contribution is 5.88. The van der Waals surface area contributed by atoms with E-state index in [0.29, 0.717) is 11.5 Å². The Hall–Kier alpha value is -2.20. The largest absolute Gasteiger partial charge is 0.478 e. The predicted octanol–water partition coefficient (Wildman–Crippen LogP) is 2.99. The molecule has 1 fully saturated rings. The first-order chi connectivity index (χ1) is 10.7. The van der Waals surface area contributed by atoms with E-state index >= 15 is 0 Å². The number of carbonyl (C=O) groups is 1. The van der Waals surface area contributed by atoms with Crippen LogP contribution in [0.1, 0.15) is 28.8 Å². The highest BCUT2D eigenvalue weighted by Gasteiger charge is 2.13. The van der Waals surface area contributed by atoms with Gasteiger partial charge in [0.05, 0.1) is 11.3 Å². The Balaban J connectivity index is 1.69. The molecule has 4 heteroatoms. The van der Waals surface area contributed by atoms with Crippen molar-refractivity contribution in [3.63, 3.8) is 0 Å². The number of carboxylic acids is 1. The van der Waals surface area contributed by atoms with E-state index in [4.69, 9.17) is 5.11 Å². The third kappa shape index (κ3) is 3.52. The first-order valence-corrected chi connectivity index (χ1v) is 7.72. The molecule has 1 atom stereocenters. The Bertz CT molecular complexity index is 629. The Morgan fingerprint density at radius 2 is 2.05 bits per heavy atom. The maximum atomic E-state index is 10.9. The van der Waals surface area contributed by atoms with Crippen LogP contribution in [0.5, 0.6) is 0 Å². The summed E-state index contributed by atoms with van der Waals surface area (Å²) in [5.74, 6) is -0.202. The van der Waals surface area contributed by atoms with Crippen LogP contribution in [0, 0.1) is 5.92 Å². The van der Waals surface area contributed by atoms with Gasteiger partial charge in [-0.25, -0.2) is 4.79 Å². The van der Waals surface area contributed by atoms with Crippen molar-refractivity contribution >= 4 is 5.97 Å². The molecule has 0 aliphatic carbocycles. The van der Waals surface area contributed by atoms with Crippen molar-refractivity contribution in [3.05, 3.63) is 53.7 Å². The summed E-state index contributed by atoms with van der Waals surface area (Å²) in [7, 11) is 0. The molecule has 2 N–H and O–H groups in total. The summed E-state index contributed by atoms with van der Waals surface area (Å²) >= 11 is 0. The van der Waals surface area contributed by atoms with Crippen molar-refractivity contribution < 1.29 is 9.90 Å². The zero-order chi connectivity index (χ0) is 15.4. The lowest BCUT2D eigenvalue weighted by Gasteiger charge is -2.22. The van der Waals surface area contributed by atoms with Gasteiger partial charge in [-0.05, 0) is 62.0 Å². The molecule has 0 unspecified atom stereocenters. The zero-order valence-electron chi connectivity index (χ0n) is 12.5. The summed E-state index contributed by atoms with van der Waals surface area (Å²) in [4.78, 5) is 15.4. The molecule has 1 aliphatic heterocycles. The van der Waals surface area contributed by atoms with Crippen LogP contribution in [-0.4, -0.2) is 29.1 Å². The molecular formula is C18H20N2O2. The third-order valence-electron chi connectivity index (χ3n) is 4.18. The highest BCUT2D eigenvalue weighted by atomic mass is 16.4. The standard InChI is InChI=1S/C18H20N2O2/c21-18(22)16-6-4-15(5-7-16)17-8-3-14(12-20-17)10-13-2-1-9-19-11-13/h3-8,12-13,19H,1-2,9-11H2,(H,21,22)/t13-/m1/s1. The number of pyridine rings is 1. The molecular weight excluding hydrogens is 276 g/mol. The van der Waals surface area contributed by atoms with Crippen LogP contribution in [0.2, 0.25) is 0 Å². The van der Waals surface area contributed by atoms with Crippen molar-refractivity contribution in [2.45, 2.75) is 19.3 Å². The minimum absolute atomic E-state index is 0.296. The number of nitrogens with one attached hydrogen (secondary N) is 1. The first-order valence-electron chi connectivity index (χ1n) is 7.72. The monoisotopic (exact) mass is 296 g/mol. The van der Waals surface area contributed by atoms with E-state index in [-0.39, 0.29) is 0 Å². The molecule has 4 nitrogen and oxygen atoms in total. The van der Waals surface area contributed by atoms with Crippen molar-refractivity contribution in [1.29, 1.82) is 0 Å². The number of rotatable bonds is 4. The van der Waals surface area contributed by atoms with Gasteiger partial charge in [-0.2, -0.15) is 0 Å². The van der Waals surface area contributed by atoms with Gasteiger partial charge in [0.1, 0.15) is 0 Å². The number of hydrogen-bond donors (Lipinski definition) is 2. The molecule has 2 heterocycles. The maximum Gasteiger partial charge on any atom is 0.335 e. The number of nitrogens with zero attached hydrogens (tertiary/aromatic N) is 1. The highest BCUT2D eigenvalue weighted by Crippen LogP contribution is 2.20. The van der Waals surface area contributed by atoms with Gasteiger partial charge >= 0.3 is 5.97 Å². The Labute approximate surface area is 130 Å². The molecule has 0 radical (unpaired) electrons. The zero-order valence-corrected chi connectivity index (χ0v) is 12.5. The summed E-state index contributed by atoms with van der Waals surface area (Å²) in [6, 6.07) is 11.0. The molecule has 0 bridgehead atoms. The van der Waals surface area contributed by atoms with Crippen molar-refractivity contribution in [3.8, 4) is 11.3 Å². The topological polar surface area (TPSA) is 62.2 Å². The fourth-order valence-electron chi connectivity index (χ4n) is 2.93. The Morgan fingerprint density at radius 1 is 1.23 bits per heavy atom. The van der Waals surface area contributed by atoms with Gasteiger partial charge in [0.25, 0.3) is 0 Å². The van der Waals surface area contributed by atoms with E-state index in [1.807, 2.05) is 12.3 Å². The molecule has 1 aliphatic rings. The van der Waals surface area contributed by atoms with Gasteiger partial charge in [0.2, 0.25) is 0 Å². The van der Waals surface area contributed by atoms with Crippen LogP contribution in [0.3, 0.4) is 0 Å². The Morgan fingerprint density at radius 3 is 2.64 bits per heavy atom. The van der Waals surface area contributed by atoms with Gasteiger partial charge in [-0.1, -0.05) is 18.2 Å². The second-order valence-corrected chi connectivity index (χ2v) is 5.85. The van der Waals surface area contributed by atoms with Crippen LogP contribution in [-0.2, 0) is 6.42 Å². The molecule has 22 heavy (non-hydrogen) atoms. The average molecular weight is 296 g/mol. The molecule has 1 saturated heterocycles. The molecule has 114 valence electrons. The van der Waals surface area contributed by atoms with E-state index in [1.165, 1.54) is 18.4 Å². The molecule has 0 amide bonds. The summed E-state index contributed by atoms with van der Waals surface area (Å²) in [6.45, 7) is 2.23. The number of piperidine rings is 1. The molecule has 1 aromatic carbocycles. The normalized spacial score (nSPS) is 18.1. The van der Waals surface area contributed by atoms with Gasteiger partial charge in [0.15, 0.2) is 0 Å². The molecule has 0 spiro atoms. The van der Waals surface area contributed by atoms with Crippen LogP contribution < -0.4 is 5.32 Å². The van der Waals surface area contributed by atoms with E-state index in [1.54, 1.807) is 24.3 Å². The third-order valence-corrected chi connectivity index (χ3v) is 4.18.